The van der Waals surface area contributed by atoms with Crippen molar-refractivity contribution < 1.29 is 12.9 Å². The van der Waals surface area contributed by atoms with Gasteiger partial charge in [-0.3, -0.25) is 5.10 Å². The molecule has 80 valence electrons. The average Bonchev–Trinajstić information content (AvgIpc) is 2.88. The SMILES string of the molecule is O=S(=O)(NCc1ccon1)c1ccn[nH]1. The molecule has 2 aromatic rings. The second-order valence-corrected chi connectivity index (χ2v) is 4.47. The zero-order chi connectivity index (χ0) is 10.7. The Morgan fingerprint density at radius 1 is 1.47 bits per heavy atom. The van der Waals surface area contributed by atoms with Crippen LogP contribution in [-0.4, -0.2) is 23.8 Å². The number of hydrogen-bond donors (Lipinski definition) is 2. The standard InChI is InChI=1S/C7H8N4O3S/c12-15(13,7-1-3-8-10-7)9-5-6-2-4-14-11-6/h1-4,9H,5H2,(H,8,10). The van der Waals surface area contributed by atoms with E-state index in [1.54, 1.807) is 6.07 Å². The summed E-state index contributed by atoms with van der Waals surface area (Å²) in [5.41, 5.74) is 0.512. The molecule has 7 nitrogen and oxygen atoms in total. The van der Waals surface area contributed by atoms with Crippen molar-refractivity contribution in [2.24, 2.45) is 0 Å². The van der Waals surface area contributed by atoms with Crippen molar-refractivity contribution in [3.63, 3.8) is 0 Å². The van der Waals surface area contributed by atoms with Crippen LogP contribution in [0, 0.1) is 0 Å². The molecule has 0 saturated carbocycles. The first-order valence-electron chi connectivity index (χ1n) is 4.07. The molecule has 8 heteroatoms. The molecule has 0 fully saturated rings. The number of nitrogens with one attached hydrogen (secondary N) is 2. The van der Waals surface area contributed by atoms with Gasteiger partial charge in [-0.05, 0) is 6.07 Å². The smallest absolute Gasteiger partial charge is 0.257 e. The maximum absolute atomic E-state index is 11.5. The van der Waals surface area contributed by atoms with E-state index in [0.717, 1.165) is 0 Å². The Kier molecular flexibility index (Phi) is 2.52. The molecule has 15 heavy (non-hydrogen) atoms. The third-order valence-corrected chi connectivity index (χ3v) is 3.03. The van der Waals surface area contributed by atoms with E-state index in [-0.39, 0.29) is 11.6 Å². The van der Waals surface area contributed by atoms with Gasteiger partial charge in [0.15, 0.2) is 5.03 Å². The Balaban J connectivity index is 2.06. The summed E-state index contributed by atoms with van der Waals surface area (Å²) in [6.45, 7) is 0.0812. The van der Waals surface area contributed by atoms with Gasteiger partial charge >= 0.3 is 0 Å². The fourth-order valence-corrected chi connectivity index (χ4v) is 1.87. The van der Waals surface area contributed by atoms with Gasteiger partial charge in [0.05, 0.1) is 18.4 Å². The quantitative estimate of drug-likeness (QED) is 0.759. The summed E-state index contributed by atoms with van der Waals surface area (Å²) in [5.74, 6) is 0. The van der Waals surface area contributed by atoms with E-state index in [1.165, 1.54) is 18.5 Å². The summed E-state index contributed by atoms with van der Waals surface area (Å²) in [6, 6.07) is 2.95. The maximum Gasteiger partial charge on any atom is 0.257 e. The fourth-order valence-electron chi connectivity index (χ4n) is 0.968. The first kappa shape index (κ1) is 9.87. The highest BCUT2D eigenvalue weighted by atomic mass is 32.2. The number of nitrogens with zero attached hydrogens (tertiary/aromatic N) is 2. The van der Waals surface area contributed by atoms with Crippen LogP contribution in [0.4, 0.5) is 0 Å². The topological polar surface area (TPSA) is 101 Å². The number of sulfonamides is 1. The number of H-pyrrole nitrogens is 1. The molecule has 0 spiro atoms. The van der Waals surface area contributed by atoms with Gasteiger partial charge in [-0.25, -0.2) is 13.1 Å². The third kappa shape index (κ3) is 2.22. The predicted molar refractivity (Wildman–Crippen MR) is 49.1 cm³/mol. The van der Waals surface area contributed by atoms with E-state index in [0.29, 0.717) is 5.69 Å². The molecule has 0 aliphatic rings. The summed E-state index contributed by atoms with van der Waals surface area (Å²) in [6.07, 6.45) is 2.74. The van der Waals surface area contributed by atoms with Crippen LogP contribution in [0.15, 0.2) is 34.1 Å². The van der Waals surface area contributed by atoms with E-state index >= 15 is 0 Å². The van der Waals surface area contributed by atoms with E-state index in [1.807, 2.05) is 0 Å². The van der Waals surface area contributed by atoms with Crippen molar-refractivity contribution in [1.82, 2.24) is 20.1 Å². The van der Waals surface area contributed by atoms with E-state index in [9.17, 15) is 8.42 Å². The second-order valence-electron chi connectivity index (χ2n) is 2.74. The molecule has 0 saturated heterocycles. The summed E-state index contributed by atoms with van der Waals surface area (Å²) in [4.78, 5) is 0. The number of aromatic nitrogens is 3. The maximum atomic E-state index is 11.5. The predicted octanol–water partition coefficient (Wildman–Crippen LogP) is -0.124. The first-order valence-corrected chi connectivity index (χ1v) is 5.55. The molecule has 0 bridgehead atoms. The van der Waals surface area contributed by atoms with Crippen molar-refractivity contribution in [3.05, 3.63) is 30.3 Å². The lowest BCUT2D eigenvalue weighted by atomic mass is 10.5. The van der Waals surface area contributed by atoms with Crippen LogP contribution in [0.2, 0.25) is 0 Å². The Hall–Kier alpha value is -1.67. The monoisotopic (exact) mass is 228 g/mol. The van der Waals surface area contributed by atoms with Crippen LogP contribution in [0.3, 0.4) is 0 Å². The molecule has 0 radical (unpaired) electrons. The highest BCUT2D eigenvalue weighted by Gasteiger charge is 2.15. The molecule has 0 aliphatic carbocycles. The highest BCUT2D eigenvalue weighted by molar-refractivity contribution is 7.89. The second kappa shape index (κ2) is 3.83. The molecule has 0 amide bonds. The van der Waals surface area contributed by atoms with Crippen LogP contribution in [0.1, 0.15) is 5.69 Å². The Morgan fingerprint density at radius 2 is 2.33 bits per heavy atom. The molecular weight excluding hydrogens is 220 g/mol. The Labute approximate surface area is 85.5 Å². The summed E-state index contributed by atoms with van der Waals surface area (Å²) in [5, 5.41) is 9.51. The van der Waals surface area contributed by atoms with Gasteiger partial charge in [-0.1, -0.05) is 5.16 Å². The summed E-state index contributed by atoms with van der Waals surface area (Å²) < 4.78 is 30.0. The lowest BCUT2D eigenvalue weighted by Crippen LogP contribution is -2.23. The average molecular weight is 228 g/mol. The normalized spacial score (nSPS) is 11.7. The molecule has 2 N–H and O–H groups in total. The molecule has 2 rings (SSSR count). The summed E-state index contributed by atoms with van der Waals surface area (Å²) in [7, 11) is -3.54. The minimum absolute atomic E-state index is 0.0194. The van der Waals surface area contributed by atoms with Crippen LogP contribution in [0.25, 0.3) is 0 Å². The van der Waals surface area contributed by atoms with Gasteiger partial charge in [0.25, 0.3) is 10.0 Å². The van der Waals surface area contributed by atoms with Gasteiger partial charge in [-0.2, -0.15) is 5.10 Å². The largest absolute Gasteiger partial charge is 0.364 e. The number of aromatic amines is 1. The van der Waals surface area contributed by atoms with E-state index < -0.39 is 10.0 Å². The lowest BCUT2D eigenvalue weighted by molar-refractivity contribution is 0.411. The molecule has 2 heterocycles. The number of hydrogen-bond acceptors (Lipinski definition) is 5. The van der Waals surface area contributed by atoms with Gasteiger partial charge in [-0.15, -0.1) is 0 Å². The van der Waals surface area contributed by atoms with Crippen molar-refractivity contribution in [2.45, 2.75) is 11.6 Å². The van der Waals surface area contributed by atoms with Crippen LogP contribution >= 0.6 is 0 Å². The van der Waals surface area contributed by atoms with Gasteiger partial charge in [0.2, 0.25) is 0 Å². The first-order chi connectivity index (χ1) is 7.18. The minimum atomic E-state index is -3.54. The molecule has 0 aliphatic heterocycles. The van der Waals surface area contributed by atoms with Gasteiger partial charge < -0.3 is 4.52 Å². The fraction of sp³-hybridized carbons (Fsp3) is 0.143. The molecule has 0 aromatic carbocycles. The molecule has 2 aromatic heterocycles. The van der Waals surface area contributed by atoms with Gasteiger partial charge in [0, 0.05) is 6.07 Å². The molecular formula is C7H8N4O3S. The van der Waals surface area contributed by atoms with Crippen LogP contribution < -0.4 is 4.72 Å². The lowest BCUT2D eigenvalue weighted by Gasteiger charge is -2.01. The van der Waals surface area contributed by atoms with Crippen molar-refractivity contribution in [1.29, 1.82) is 0 Å². The van der Waals surface area contributed by atoms with Crippen molar-refractivity contribution >= 4 is 10.0 Å². The van der Waals surface area contributed by atoms with E-state index in [4.69, 9.17) is 0 Å². The van der Waals surface area contributed by atoms with Crippen LogP contribution in [-0.2, 0) is 16.6 Å². The minimum Gasteiger partial charge on any atom is -0.364 e. The Morgan fingerprint density at radius 3 is 2.93 bits per heavy atom. The van der Waals surface area contributed by atoms with Gasteiger partial charge in [0.1, 0.15) is 6.26 Å². The zero-order valence-electron chi connectivity index (χ0n) is 7.54. The summed E-state index contributed by atoms with van der Waals surface area (Å²) >= 11 is 0. The van der Waals surface area contributed by atoms with E-state index in [2.05, 4.69) is 24.6 Å². The molecule has 0 atom stereocenters. The van der Waals surface area contributed by atoms with Crippen LogP contribution in [0.5, 0.6) is 0 Å². The highest BCUT2D eigenvalue weighted by Crippen LogP contribution is 2.03. The molecule has 0 unspecified atom stereocenters. The number of rotatable bonds is 4. The third-order valence-electron chi connectivity index (χ3n) is 1.70. The van der Waals surface area contributed by atoms with Crippen molar-refractivity contribution in [3.8, 4) is 0 Å². The Bertz CT molecular complexity index is 502. The zero-order valence-corrected chi connectivity index (χ0v) is 8.36. The van der Waals surface area contributed by atoms with Crippen molar-refractivity contribution in [2.75, 3.05) is 0 Å².